The maximum atomic E-state index is 14.8. The van der Waals surface area contributed by atoms with E-state index in [4.69, 9.17) is 0 Å². The van der Waals surface area contributed by atoms with Crippen molar-refractivity contribution in [1.29, 1.82) is 0 Å². The Bertz CT molecular complexity index is 1670. The number of carbonyl (C=O) groups is 3. The first kappa shape index (κ1) is 28.1. The van der Waals surface area contributed by atoms with E-state index >= 15 is 0 Å². The van der Waals surface area contributed by atoms with Crippen LogP contribution in [0.5, 0.6) is 0 Å². The average molecular weight is 700 g/mol. The second-order valence-electron chi connectivity index (χ2n) is 11.4. The molecule has 0 spiro atoms. The number of halogens is 4. The molecule has 5 aliphatic rings. The van der Waals surface area contributed by atoms with Crippen molar-refractivity contribution < 1.29 is 27.6 Å². The number of benzene rings is 2. The zero-order valence-electron chi connectivity index (χ0n) is 23.2. The molecule has 3 aromatic rings. The number of hydrogen-bond acceptors (Lipinski definition) is 4. The van der Waals surface area contributed by atoms with E-state index in [2.05, 4.69) is 9.07 Å². The van der Waals surface area contributed by atoms with Crippen molar-refractivity contribution in [2.24, 2.45) is 0 Å². The zero-order chi connectivity index (χ0) is 30.0. The molecular formula is C32H28F3IN4O3. The van der Waals surface area contributed by atoms with E-state index in [1.54, 1.807) is 36.5 Å². The summed E-state index contributed by atoms with van der Waals surface area (Å²) in [6.07, 6.45) is 1.00. The van der Waals surface area contributed by atoms with Crippen molar-refractivity contribution in [2.45, 2.75) is 56.7 Å². The summed E-state index contributed by atoms with van der Waals surface area (Å²) < 4.78 is 46.7. The van der Waals surface area contributed by atoms with Crippen LogP contribution in [0.2, 0.25) is 0 Å². The molecule has 1 saturated carbocycles. The van der Waals surface area contributed by atoms with Crippen LogP contribution in [0.15, 0.2) is 76.6 Å². The molecule has 2 bridgehead atoms. The van der Waals surface area contributed by atoms with Gasteiger partial charge in [-0.2, -0.15) is 0 Å². The van der Waals surface area contributed by atoms with Crippen molar-refractivity contribution in [3.05, 3.63) is 97.2 Å². The van der Waals surface area contributed by atoms with Gasteiger partial charge >= 0.3 is 255 Å². The Labute approximate surface area is 253 Å². The van der Waals surface area contributed by atoms with Gasteiger partial charge in [0.2, 0.25) is 0 Å². The van der Waals surface area contributed by atoms with Gasteiger partial charge in [-0.3, -0.25) is 0 Å². The van der Waals surface area contributed by atoms with E-state index in [9.17, 15) is 27.6 Å². The number of anilines is 2. The number of carbonyl (C=O) groups excluding carboxylic acids is 3. The summed E-state index contributed by atoms with van der Waals surface area (Å²) in [6.45, 7) is 1.86. The summed E-state index contributed by atoms with van der Waals surface area (Å²) in [5.74, 6) is -4.48. The topological polar surface area (TPSA) is 73.8 Å². The third-order valence-corrected chi connectivity index (χ3v) is 14.0. The molecule has 0 radical (unpaired) electrons. The standard InChI is InChI=1S/C32H28F3IN4O3/c1-19-9-11-27(37-18-19)40-26(10-12-28(40)41)30(42)39(21-6-4-5-20(33)13-21)29-24-7-2-3-8-25(24)36-16-23(17-36)38(31(29)43)22-14-32(34,35)15-22/h2-9,11,13,16,18,22,26,29H,10,12,14-15,17H2,1H3/t26-,29-/m0/s1. The molecule has 2 fully saturated rings. The third-order valence-electron chi connectivity index (χ3n) is 8.44. The summed E-state index contributed by atoms with van der Waals surface area (Å²) in [7, 11) is 0. The number of amides is 3. The first-order valence-corrected chi connectivity index (χ1v) is 17.9. The normalized spacial score (nSPS) is 23.5. The number of nitrogens with zero attached hydrogens (tertiary/aromatic N) is 4. The number of allylic oxidation sites excluding steroid dienone is 1. The molecule has 43 heavy (non-hydrogen) atoms. The predicted molar refractivity (Wildman–Crippen MR) is 163 cm³/mol. The fourth-order valence-electron chi connectivity index (χ4n) is 6.32. The van der Waals surface area contributed by atoms with Gasteiger partial charge in [0, 0.05) is 0 Å². The van der Waals surface area contributed by atoms with E-state index in [-0.39, 0.29) is 24.4 Å². The Morgan fingerprint density at radius 1 is 1.05 bits per heavy atom. The van der Waals surface area contributed by atoms with E-state index in [1.807, 2.05) is 19.1 Å². The van der Waals surface area contributed by atoms with Crippen LogP contribution in [0.1, 0.15) is 42.9 Å². The zero-order valence-corrected chi connectivity index (χ0v) is 25.4. The van der Waals surface area contributed by atoms with Crippen LogP contribution in [0.3, 0.4) is 0 Å². The summed E-state index contributed by atoms with van der Waals surface area (Å²) in [6, 6.07) is 13.5. The van der Waals surface area contributed by atoms with Gasteiger partial charge in [0.15, 0.2) is 0 Å². The van der Waals surface area contributed by atoms with E-state index < -0.39 is 74.3 Å². The van der Waals surface area contributed by atoms with E-state index in [1.165, 1.54) is 32.9 Å². The van der Waals surface area contributed by atoms with Crippen molar-refractivity contribution in [3.63, 3.8) is 0 Å². The SMILES string of the molecule is Cc1ccc(N2C(=O)CC[C@H]2C(=O)N(c2cccc(F)c2)[C@@H]2C(=O)N(C3CC(F)(F)C3)C3=CI(C3)c3ccccc32)nc1. The number of rotatable bonds is 5. The second kappa shape index (κ2) is 10.5. The molecule has 0 unspecified atom stereocenters. The van der Waals surface area contributed by atoms with Gasteiger partial charge in [-0.05, 0) is 0 Å². The van der Waals surface area contributed by atoms with Crippen LogP contribution in [-0.2, 0) is 14.4 Å². The fourth-order valence-corrected chi connectivity index (χ4v) is 11.3. The molecule has 2 atom stereocenters. The summed E-state index contributed by atoms with van der Waals surface area (Å²) >= 11 is -1.91. The molecule has 8 rings (SSSR count). The molecule has 7 nitrogen and oxygen atoms in total. The Hall–Kier alpha value is -3.74. The van der Waals surface area contributed by atoms with Gasteiger partial charge in [0.1, 0.15) is 0 Å². The number of hydrogen-bond donors (Lipinski definition) is 0. The van der Waals surface area contributed by atoms with Gasteiger partial charge < -0.3 is 0 Å². The molecule has 1 saturated heterocycles. The molecule has 11 heteroatoms. The number of aromatic nitrogens is 1. The van der Waals surface area contributed by atoms with Gasteiger partial charge in [-0.15, -0.1) is 0 Å². The Kier molecular flexibility index (Phi) is 6.82. The molecule has 0 N–H and O–H groups in total. The van der Waals surface area contributed by atoms with Gasteiger partial charge in [0.25, 0.3) is 0 Å². The molecule has 1 aliphatic carbocycles. The van der Waals surface area contributed by atoms with E-state index in [0.717, 1.165) is 14.8 Å². The molecule has 4 aliphatic heterocycles. The van der Waals surface area contributed by atoms with E-state index in [0.29, 0.717) is 15.8 Å². The fraction of sp³-hybridized carbons (Fsp3) is 0.312. The minimum absolute atomic E-state index is 0.101. The van der Waals surface area contributed by atoms with Crippen LogP contribution in [0.25, 0.3) is 0 Å². The summed E-state index contributed by atoms with van der Waals surface area (Å²) in [4.78, 5) is 51.1. The van der Waals surface area contributed by atoms with Crippen LogP contribution < -0.4 is 9.80 Å². The number of aryl methyl sites for hydroxylation is 1. The van der Waals surface area contributed by atoms with Crippen LogP contribution in [0, 0.1) is 16.3 Å². The summed E-state index contributed by atoms with van der Waals surface area (Å²) in [5.41, 5.74) is 2.38. The van der Waals surface area contributed by atoms with Crippen molar-refractivity contribution in [2.75, 3.05) is 14.2 Å². The molecule has 5 heterocycles. The number of fused-ring (bicyclic) bond motifs is 2. The molecule has 3 amide bonds. The first-order chi connectivity index (χ1) is 20.6. The van der Waals surface area contributed by atoms with Crippen LogP contribution >= 0.6 is 19.8 Å². The quantitative estimate of drug-likeness (QED) is 0.243. The molecule has 1 aromatic heterocycles. The Morgan fingerprint density at radius 2 is 1.81 bits per heavy atom. The van der Waals surface area contributed by atoms with Crippen LogP contribution in [-0.4, -0.2) is 50.0 Å². The second-order valence-corrected chi connectivity index (χ2v) is 16.2. The first-order valence-electron chi connectivity index (χ1n) is 14.1. The Balaban J connectivity index is 1.37. The monoisotopic (exact) mass is 700 g/mol. The maximum absolute atomic E-state index is 14.8. The molecule has 2 aromatic carbocycles. The van der Waals surface area contributed by atoms with Gasteiger partial charge in [-0.25, -0.2) is 0 Å². The van der Waals surface area contributed by atoms with Crippen molar-refractivity contribution >= 4 is 49.0 Å². The Morgan fingerprint density at radius 3 is 2.51 bits per heavy atom. The van der Waals surface area contributed by atoms with Gasteiger partial charge in [-0.1, -0.05) is 0 Å². The molecular weight excluding hydrogens is 672 g/mol. The third kappa shape index (κ3) is 4.81. The average Bonchev–Trinajstić information content (AvgIpc) is 3.32. The van der Waals surface area contributed by atoms with Gasteiger partial charge in [0.05, 0.1) is 0 Å². The number of pyridine rings is 1. The summed E-state index contributed by atoms with van der Waals surface area (Å²) in [5, 5.41) is 0. The van der Waals surface area contributed by atoms with Crippen molar-refractivity contribution in [3.8, 4) is 0 Å². The van der Waals surface area contributed by atoms with Crippen molar-refractivity contribution in [1.82, 2.24) is 9.88 Å². The number of alkyl halides is 3. The predicted octanol–water partition coefficient (Wildman–Crippen LogP) is 5.97. The minimum atomic E-state index is -2.85. The molecule has 222 valence electrons. The van der Waals surface area contributed by atoms with Crippen LogP contribution in [0.4, 0.5) is 24.7 Å².